The highest BCUT2D eigenvalue weighted by atomic mass is 19.4. The number of fused-ring (bicyclic) bond motifs is 2. The maximum Gasteiger partial charge on any atom is 0.433 e. The van der Waals surface area contributed by atoms with Gasteiger partial charge in [0.15, 0.2) is 0 Å². The lowest BCUT2D eigenvalue weighted by Gasteiger charge is -2.56. The van der Waals surface area contributed by atoms with Crippen molar-refractivity contribution in [3.05, 3.63) is 80.5 Å². The number of benzene rings is 1. The summed E-state index contributed by atoms with van der Waals surface area (Å²) in [7, 11) is 4.90. The predicted octanol–water partition coefficient (Wildman–Crippen LogP) is 4.49. The lowest BCUT2D eigenvalue weighted by Crippen LogP contribution is -2.68. The molecule has 3 aliphatic heterocycles. The number of methoxy groups -OCH3 is 2. The van der Waals surface area contributed by atoms with E-state index in [1.807, 2.05) is 25.1 Å². The Morgan fingerprint density at radius 2 is 1.75 bits per heavy atom. The fourth-order valence-corrected chi connectivity index (χ4v) is 6.01. The van der Waals surface area contributed by atoms with E-state index in [1.54, 1.807) is 43.9 Å². The standard InChI is InChI=1S/C32H32F3N5O4/c1-18-19(2)30(41)38(3)16-25(18)20-10-27(43-4)26(28(11-20)44-5)17-40-23-12-24(40)15-39(14-23)31(42)21(13-36)9-22-7-6-8-29(37-22)32(33,34)35/h6-11,16,23-24H,12,14-15,17H2,1-5H3/b21-9+. The summed E-state index contributed by atoms with van der Waals surface area (Å²) >= 11 is 0. The summed E-state index contributed by atoms with van der Waals surface area (Å²) in [5.74, 6) is 0.724. The molecule has 0 saturated carbocycles. The van der Waals surface area contributed by atoms with Gasteiger partial charge < -0.3 is 18.9 Å². The molecule has 3 saturated heterocycles. The maximum absolute atomic E-state index is 13.2. The fourth-order valence-electron chi connectivity index (χ4n) is 6.01. The predicted molar refractivity (Wildman–Crippen MR) is 157 cm³/mol. The average Bonchev–Trinajstić information content (AvgIpc) is 3.02. The molecular formula is C32H32F3N5O4. The molecule has 2 atom stereocenters. The van der Waals surface area contributed by atoms with Crippen LogP contribution in [0.2, 0.25) is 0 Å². The Bertz CT molecular complexity index is 1720. The first-order valence-corrected chi connectivity index (χ1v) is 14.0. The number of ether oxygens (including phenoxy) is 2. The van der Waals surface area contributed by atoms with Crippen LogP contribution in [0.15, 0.2) is 46.9 Å². The van der Waals surface area contributed by atoms with Gasteiger partial charge in [0.05, 0.1) is 25.5 Å². The average molecular weight is 608 g/mol. The first kappa shape index (κ1) is 30.8. The number of halogens is 3. The van der Waals surface area contributed by atoms with E-state index >= 15 is 0 Å². The number of hydrogen-bond donors (Lipinski definition) is 0. The molecule has 2 bridgehead atoms. The fraction of sp³-hybridized carbons (Fsp3) is 0.375. The van der Waals surface area contributed by atoms with E-state index in [0.717, 1.165) is 40.8 Å². The minimum absolute atomic E-state index is 0.0203. The highest BCUT2D eigenvalue weighted by molar-refractivity contribution is 6.01. The van der Waals surface area contributed by atoms with Gasteiger partial charge in [-0.05, 0) is 61.7 Å². The van der Waals surface area contributed by atoms with Crippen LogP contribution in [-0.4, -0.2) is 64.7 Å². The SMILES string of the molecule is COc1cc(-c2cn(C)c(=O)c(C)c2C)cc(OC)c1CN1C2CC1CN(C(=O)/C(C#N)=C/c1cccc(C(F)(F)F)n1)C2. The Hall–Kier alpha value is -4.63. The number of piperidine rings is 1. The molecular weight excluding hydrogens is 575 g/mol. The molecule has 1 aromatic carbocycles. The van der Waals surface area contributed by atoms with Crippen LogP contribution in [0.3, 0.4) is 0 Å². The lowest BCUT2D eigenvalue weighted by atomic mass is 9.86. The van der Waals surface area contributed by atoms with Crippen molar-refractivity contribution >= 4 is 12.0 Å². The second-order valence-electron chi connectivity index (χ2n) is 11.1. The monoisotopic (exact) mass is 607 g/mol. The molecule has 6 rings (SSSR count). The highest BCUT2D eigenvalue weighted by Crippen LogP contribution is 2.41. The van der Waals surface area contributed by atoms with E-state index in [-0.39, 0.29) is 28.9 Å². The normalized spacial score (nSPS) is 18.4. The number of rotatable bonds is 7. The Morgan fingerprint density at radius 1 is 1.11 bits per heavy atom. The lowest BCUT2D eigenvalue weighted by molar-refractivity contribution is -0.141. The number of aromatic nitrogens is 2. The molecule has 0 radical (unpaired) electrons. The summed E-state index contributed by atoms with van der Waals surface area (Å²) in [6, 6.07) is 9.08. The molecule has 1 amide bonds. The van der Waals surface area contributed by atoms with Gasteiger partial charge in [-0.1, -0.05) is 6.07 Å². The Labute approximate surface area is 252 Å². The highest BCUT2D eigenvalue weighted by Gasteiger charge is 2.46. The number of pyridine rings is 2. The largest absolute Gasteiger partial charge is 0.496 e. The third kappa shape index (κ3) is 5.67. The molecule has 3 fully saturated rings. The molecule has 3 aliphatic rings. The van der Waals surface area contributed by atoms with Crippen molar-refractivity contribution in [3.63, 3.8) is 0 Å². The summed E-state index contributed by atoms with van der Waals surface area (Å²) in [6.45, 7) is 4.95. The van der Waals surface area contributed by atoms with Crippen LogP contribution in [-0.2, 0) is 24.6 Å². The molecule has 44 heavy (non-hydrogen) atoms. The molecule has 0 spiro atoms. The van der Waals surface area contributed by atoms with Gasteiger partial charge in [0.25, 0.3) is 11.5 Å². The summed E-state index contributed by atoms with van der Waals surface area (Å²) in [4.78, 5) is 33.0. The van der Waals surface area contributed by atoms with Crippen molar-refractivity contribution in [2.24, 2.45) is 7.05 Å². The quantitative estimate of drug-likeness (QED) is 0.288. The minimum atomic E-state index is -4.64. The van der Waals surface area contributed by atoms with E-state index in [0.29, 0.717) is 36.7 Å². The number of carbonyl (C=O) groups is 1. The number of hydrogen-bond acceptors (Lipinski definition) is 7. The number of nitrogens with zero attached hydrogens (tertiary/aromatic N) is 5. The smallest absolute Gasteiger partial charge is 0.433 e. The molecule has 9 nitrogen and oxygen atoms in total. The van der Waals surface area contributed by atoms with E-state index in [9.17, 15) is 28.0 Å². The molecule has 230 valence electrons. The zero-order valence-corrected chi connectivity index (χ0v) is 25.0. The van der Waals surface area contributed by atoms with Crippen LogP contribution >= 0.6 is 0 Å². The Balaban J connectivity index is 1.35. The Kier molecular flexibility index (Phi) is 8.27. The van der Waals surface area contributed by atoms with Gasteiger partial charge in [0.1, 0.15) is 28.8 Å². The van der Waals surface area contributed by atoms with E-state index < -0.39 is 17.8 Å². The van der Waals surface area contributed by atoms with Crippen molar-refractivity contribution in [1.29, 1.82) is 5.26 Å². The summed E-state index contributed by atoms with van der Waals surface area (Å²) in [6.07, 6.45) is -0.870. The molecule has 0 N–H and O–H groups in total. The number of amides is 1. The minimum Gasteiger partial charge on any atom is -0.496 e. The number of nitriles is 1. The van der Waals surface area contributed by atoms with Crippen LogP contribution in [0.4, 0.5) is 13.2 Å². The van der Waals surface area contributed by atoms with Crippen molar-refractivity contribution in [3.8, 4) is 28.7 Å². The number of aryl methyl sites for hydroxylation is 1. The molecule has 2 aromatic heterocycles. The zero-order chi connectivity index (χ0) is 31.9. The second kappa shape index (κ2) is 11.8. The van der Waals surface area contributed by atoms with Gasteiger partial charge in [0.2, 0.25) is 0 Å². The topological polar surface area (TPSA) is 101 Å². The van der Waals surface area contributed by atoms with Crippen molar-refractivity contribution in [1.82, 2.24) is 19.4 Å². The molecule has 5 heterocycles. The summed E-state index contributed by atoms with van der Waals surface area (Å²) < 4.78 is 52.4. The number of carbonyl (C=O) groups excluding carboxylic acids is 1. The molecule has 0 aliphatic carbocycles. The van der Waals surface area contributed by atoms with Gasteiger partial charge in [-0.15, -0.1) is 0 Å². The van der Waals surface area contributed by atoms with E-state index in [2.05, 4.69) is 9.88 Å². The number of piperazine rings is 1. The third-order valence-electron chi connectivity index (χ3n) is 8.53. The summed E-state index contributed by atoms with van der Waals surface area (Å²) in [5, 5.41) is 9.65. The number of alkyl halides is 3. The zero-order valence-electron chi connectivity index (χ0n) is 25.0. The first-order chi connectivity index (χ1) is 20.9. The first-order valence-electron chi connectivity index (χ1n) is 14.0. The van der Waals surface area contributed by atoms with Crippen molar-refractivity contribution in [2.45, 2.75) is 45.1 Å². The second-order valence-corrected chi connectivity index (χ2v) is 11.1. The van der Waals surface area contributed by atoms with E-state index in [1.165, 1.54) is 12.1 Å². The van der Waals surface area contributed by atoms with Crippen LogP contribution in [0.5, 0.6) is 11.5 Å². The van der Waals surface area contributed by atoms with Crippen molar-refractivity contribution < 1.29 is 27.4 Å². The van der Waals surface area contributed by atoms with Crippen molar-refractivity contribution in [2.75, 3.05) is 27.3 Å². The van der Waals surface area contributed by atoms with Crippen LogP contribution in [0.1, 0.15) is 34.5 Å². The van der Waals surface area contributed by atoms with Gasteiger partial charge >= 0.3 is 6.18 Å². The molecule has 2 unspecified atom stereocenters. The third-order valence-corrected chi connectivity index (χ3v) is 8.53. The van der Waals surface area contributed by atoms with Gasteiger partial charge in [-0.2, -0.15) is 18.4 Å². The van der Waals surface area contributed by atoms with Gasteiger partial charge in [-0.25, -0.2) is 4.98 Å². The molecule has 3 aromatic rings. The van der Waals surface area contributed by atoms with Crippen LogP contribution < -0.4 is 15.0 Å². The van der Waals surface area contributed by atoms with Crippen LogP contribution in [0, 0.1) is 25.2 Å². The van der Waals surface area contributed by atoms with Gasteiger partial charge in [-0.3, -0.25) is 14.5 Å². The molecule has 12 heteroatoms. The Morgan fingerprint density at radius 3 is 2.32 bits per heavy atom. The van der Waals surface area contributed by atoms with E-state index in [4.69, 9.17) is 9.47 Å². The van der Waals surface area contributed by atoms with Gasteiger partial charge in [0, 0.05) is 56.1 Å². The summed E-state index contributed by atoms with van der Waals surface area (Å²) in [5.41, 5.74) is 2.61. The maximum atomic E-state index is 13.2. The van der Waals surface area contributed by atoms with Crippen LogP contribution in [0.25, 0.3) is 17.2 Å².